The Morgan fingerprint density at radius 1 is 0.774 bits per heavy atom. The lowest BCUT2D eigenvalue weighted by molar-refractivity contribution is -0.149. The van der Waals surface area contributed by atoms with Crippen molar-refractivity contribution < 1.29 is 24.1 Å². The summed E-state index contributed by atoms with van der Waals surface area (Å²) in [6, 6.07) is 25.7. The van der Waals surface area contributed by atoms with Crippen molar-refractivity contribution in [1.29, 1.82) is 0 Å². The Morgan fingerprint density at radius 2 is 1.29 bits per heavy atom. The highest BCUT2D eigenvalue weighted by Gasteiger charge is 2.42. The monoisotopic (exact) mass is 420 g/mol. The summed E-state index contributed by atoms with van der Waals surface area (Å²) in [7, 11) is 0. The summed E-state index contributed by atoms with van der Waals surface area (Å²) in [4.78, 5) is 0. The lowest BCUT2D eigenvalue weighted by Gasteiger charge is -2.19. The molecule has 1 fully saturated rings. The van der Waals surface area contributed by atoms with E-state index < -0.39 is 18.0 Å². The number of ether oxygens (including phenoxy) is 4. The summed E-state index contributed by atoms with van der Waals surface area (Å²) in [5.41, 5.74) is 3.00. The number of hydrogen-bond donors (Lipinski definition) is 1. The standard InChI is InChI=1S/C26H28O5/c1-26(2)30-24(16-27)25(31-26)21-13-22(28-17-19-9-5-3-6-10-19)15-23(14-21)29-18-20-11-7-4-8-12-20/h3-15,24-25,27H,16-18H2,1-2H3/t24-,25-/m1/s1. The van der Waals surface area contributed by atoms with E-state index in [2.05, 4.69) is 0 Å². The third-order valence-corrected chi connectivity index (χ3v) is 5.09. The molecule has 0 amide bonds. The molecule has 1 aliphatic heterocycles. The molecule has 1 N–H and O–H groups in total. The summed E-state index contributed by atoms with van der Waals surface area (Å²) in [6.07, 6.45) is -0.874. The van der Waals surface area contributed by atoms with Gasteiger partial charge in [-0.3, -0.25) is 0 Å². The number of aliphatic hydroxyl groups excluding tert-OH is 1. The van der Waals surface area contributed by atoms with E-state index in [0.29, 0.717) is 24.7 Å². The van der Waals surface area contributed by atoms with Crippen LogP contribution in [-0.4, -0.2) is 23.6 Å². The van der Waals surface area contributed by atoms with Crippen LogP contribution < -0.4 is 9.47 Å². The van der Waals surface area contributed by atoms with Crippen LogP contribution in [0.3, 0.4) is 0 Å². The molecule has 1 heterocycles. The van der Waals surface area contributed by atoms with Crippen molar-refractivity contribution in [2.24, 2.45) is 0 Å². The molecule has 0 unspecified atom stereocenters. The molecule has 2 atom stereocenters. The minimum Gasteiger partial charge on any atom is -0.489 e. The molecule has 0 aromatic heterocycles. The maximum absolute atomic E-state index is 9.81. The highest BCUT2D eigenvalue weighted by atomic mass is 16.8. The van der Waals surface area contributed by atoms with Gasteiger partial charge in [0.25, 0.3) is 0 Å². The van der Waals surface area contributed by atoms with Crippen LogP contribution in [0.2, 0.25) is 0 Å². The van der Waals surface area contributed by atoms with E-state index >= 15 is 0 Å². The van der Waals surface area contributed by atoms with Gasteiger partial charge < -0.3 is 24.1 Å². The first-order valence-corrected chi connectivity index (χ1v) is 10.5. The Hall–Kier alpha value is -2.86. The fourth-order valence-corrected chi connectivity index (χ4v) is 3.66. The van der Waals surface area contributed by atoms with E-state index in [-0.39, 0.29) is 6.61 Å². The van der Waals surface area contributed by atoms with E-state index in [1.54, 1.807) is 0 Å². The van der Waals surface area contributed by atoms with Crippen molar-refractivity contribution in [2.45, 2.75) is 45.1 Å². The van der Waals surface area contributed by atoms with Crippen LogP contribution in [0.4, 0.5) is 0 Å². The predicted octanol–water partition coefficient (Wildman–Crippen LogP) is 5.03. The molecule has 162 valence electrons. The van der Waals surface area contributed by atoms with Gasteiger partial charge >= 0.3 is 0 Å². The second-order valence-electron chi connectivity index (χ2n) is 8.06. The summed E-state index contributed by atoms with van der Waals surface area (Å²) in [5, 5.41) is 9.81. The molecule has 0 spiro atoms. The first-order valence-electron chi connectivity index (χ1n) is 10.5. The van der Waals surface area contributed by atoms with Gasteiger partial charge in [-0.15, -0.1) is 0 Å². The molecule has 1 saturated heterocycles. The van der Waals surface area contributed by atoms with Gasteiger partial charge in [0.15, 0.2) is 5.79 Å². The van der Waals surface area contributed by atoms with Gasteiger partial charge in [-0.1, -0.05) is 60.7 Å². The Kier molecular flexibility index (Phi) is 6.56. The van der Waals surface area contributed by atoms with E-state index in [1.807, 2.05) is 92.7 Å². The van der Waals surface area contributed by atoms with Crippen LogP contribution in [0, 0.1) is 0 Å². The molecule has 1 aliphatic rings. The summed E-state index contributed by atoms with van der Waals surface area (Å²) >= 11 is 0. The van der Waals surface area contributed by atoms with Gasteiger partial charge in [0, 0.05) is 6.07 Å². The average Bonchev–Trinajstić information content (AvgIpc) is 3.12. The Balaban J connectivity index is 1.58. The van der Waals surface area contributed by atoms with Gasteiger partial charge in [0.1, 0.15) is 36.9 Å². The zero-order valence-electron chi connectivity index (χ0n) is 17.9. The minimum atomic E-state index is -0.774. The number of hydrogen-bond acceptors (Lipinski definition) is 5. The first kappa shape index (κ1) is 21.4. The van der Waals surface area contributed by atoms with Crippen LogP contribution in [0.15, 0.2) is 78.9 Å². The highest BCUT2D eigenvalue weighted by Crippen LogP contribution is 2.40. The predicted molar refractivity (Wildman–Crippen MR) is 118 cm³/mol. The van der Waals surface area contributed by atoms with Crippen molar-refractivity contribution in [3.63, 3.8) is 0 Å². The quantitative estimate of drug-likeness (QED) is 0.554. The molecule has 31 heavy (non-hydrogen) atoms. The van der Waals surface area contributed by atoms with Crippen molar-refractivity contribution >= 4 is 0 Å². The molecule has 4 rings (SSSR count). The van der Waals surface area contributed by atoms with Crippen LogP contribution in [-0.2, 0) is 22.7 Å². The van der Waals surface area contributed by atoms with E-state index in [4.69, 9.17) is 18.9 Å². The number of rotatable bonds is 8. The third kappa shape index (κ3) is 5.64. The van der Waals surface area contributed by atoms with E-state index in [0.717, 1.165) is 16.7 Å². The largest absolute Gasteiger partial charge is 0.489 e. The van der Waals surface area contributed by atoms with Crippen molar-refractivity contribution in [3.8, 4) is 11.5 Å². The average molecular weight is 421 g/mol. The topological polar surface area (TPSA) is 57.2 Å². The molecule has 3 aromatic carbocycles. The minimum absolute atomic E-state index is 0.136. The Morgan fingerprint density at radius 3 is 1.77 bits per heavy atom. The van der Waals surface area contributed by atoms with Crippen molar-refractivity contribution in [3.05, 3.63) is 95.6 Å². The van der Waals surface area contributed by atoms with Crippen LogP contribution in [0.5, 0.6) is 11.5 Å². The van der Waals surface area contributed by atoms with E-state index in [1.165, 1.54) is 0 Å². The van der Waals surface area contributed by atoms with Crippen molar-refractivity contribution in [1.82, 2.24) is 0 Å². The highest BCUT2D eigenvalue weighted by molar-refractivity contribution is 5.40. The molecule has 0 radical (unpaired) electrons. The number of aliphatic hydroxyl groups is 1. The smallest absolute Gasteiger partial charge is 0.164 e. The SMILES string of the molecule is CC1(C)O[C@H](c2cc(OCc3ccccc3)cc(OCc3ccccc3)c2)[C@@H](CO)O1. The summed E-state index contributed by atoms with van der Waals surface area (Å²) in [5.74, 6) is 0.577. The molecule has 5 heteroatoms. The summed E-state index contributed by atoms with van der Waals surface area (Å²) in [6.45, 7) is 4.44. The first-order chi connectivity index (χ1) is 15.0. The van der Waals surface area contributed by atoms with Gasteiger partial charge in [0.05, 0.1) is 6.61 Å². The second kappa shape index (κ2) is 9.52. The molecule has 0 saturated carbocycles. The molecule has 3 aromatic rings. The zero-order valence-corrected chi connectivity index (χ0v) is 17.9. The van der Waals surface area contributed by atoms with Crippen LogP contribution in [0.1, 0.15) is 36.6 Å². The second-order valence-corrected chi connectivity index (χ2v) is 8.06. The lowest BCUT2D eigenvalue weighted by atomic mass is 10.0. The Bertz CT molecular complexity index is 910. The van der Waals surface area contributed by atoms with Crippen LogP contribution in [0.25, 0.3) is 0 Å². The maximum atomic E-state index is 9.81. The van der Waals surface area contributed by atoms with Crippen molar-refractivity contribution in [2.75, 3.05) is 6.61 Å². The van der Waals surface area contributed by atoms with Gasteiger partial charge in [0.2, 0.25) is 0 Å². The van der Waals surface area contributed by atoms with Crippen LogP contribution >= 0.6 is 0 Å². The molecule has 0 bridgehead atoms. The molecular weight excluding hydrogens is 392 g/mol. The third-order valence-electron chi connectivity index (χ3n) is 5.09. The molecule has 5 nitrogen and oxygen atoms in total. The Labute approximate surface area is 183 Å². The summed E-state index contributed by atoms with van der Waals surface area (Å²) < 4.78 is 24.1. The zero-order chi connectivity index (χ0) is 21.7. The number of benzene rings is 3. The van der Waals surface area contributed by atoms with Gasteiger partial charge in [-0.05, 0) is 42.7 Å². The fourth-order valence-electron chi connectivity index (χ4n) is 3.66. The molecular formula is C26H28O5. The maximum Gasteiger partial charge on any atom is 0.164 e. The molecule has 0 aliphatic carbocycles. The normalized spacial score (nSPS) is 19.8. The fraction of sp³-hybridized carbons (Fsp3) is 0.308. The lowest BCUT2D eigenvalue weighted by Crippen LogP contribution is -2.23. The van der Waals surface area contributed by atoms with E-state index in [9.17, 15) is 5.11 Å². The van der Waals surface area contributed by atoms with Gasteiger partial charge in [-0.25, -0.2) is 0 Å². The van der Waals surface area contributed by atoms with Gasteiger partial charge in [-0.2, -0.15) is 0 Å².